The predicted molar refractivity (Wildman–Crippen MR) is 291 cm³/mol. The van der Waals surface area contributed by atoms with E-state index in [9.17, 15) is 0 Å². The van der Waals surface area contributed by atoms with Gasteiger partial charge in [-0.2, -0.15) is 0 Å². The molecule has 0 heteroatoms. The monoisotopic (exact) mass is 856 g/mol. The molecule has 0 saturated carbocycles. The molecule has 13 aromatic carbocycles. The van der Waals surface area contributed by atoms with Crippen LogP contribution in [0.1, 0.15) is 11.1 Å². The Morgan fingerprint density at radius 3 is 0.853 bits per heavy atom. The van der Waals surface area contributed by atoms with Crippen LogP contribution in [0.2, 0.25) is 0 Å². The molecule has 68 heavy (non-hydrogen) atoms. The predicted octanol–water partition coefficient (Wildman–Crippen LogP) is 19.0. The van der Waals surface area contributed by atoms with Crippen molar-refractivity contribution in [3.63, 3.8) is 0 Å². The maximum atomic E-state index is 2.47. The molecule has 0 nitrogen and oxygen atoms in total. The highest BCUT2D eigenvalue weighted by Crippen LogP contribution is 2.62. The van der Waals surface area contributed by atoms with E-state index in [1.807, 2.05) is 0 Å². The Labute approximate surface area is 394 Å². The fourth-order valence-corrected chi connectivity index (χ4v) is 12.4. The molecule has 0 aromatic heterocycles. The van der Waals surface area contributed by atoms with Crippen LogP contribution in [0.3, 0.4) is 0 Å². The van der Waals surface area contributed by atoms with Gasteiger partial charge in [-0.25, -0.2) is 0 Å². The van der Waals surface area contributed by atoms with Crippen LogP contribution in [0.4, 0.5) is 0 Å². The van der Waals surface area contributed by atoms with Gasteiger partial charge in [-0.1, -0.05) is 243 Å². The van der Waals surface area contributed by atoms with Crippen LogP contribution in [0.5, 0.6) is 0 Å². The van der Waals surface area contributed by atoms with Crippen LogP contribution >= 0.6 is 0 Å². The van der Waals surface area contributed by atoms with Crippen molar-refractivity contribution in [3.05, 3.63) is 242 Å². The van der Waals surface area contributed by atoms with Gasteiger partial charge in [0.15, 0.2) is 0 Å². The second-order valence-corrected chi connectivity index (χ2v) is 18.5. The van der Waals surface area contributed by atoms with Gasteiger partial charge < -0.3 is 0 Å². The summed E-state index contributed by atoms with van der Waals surface area (Å²) < 4.78 is 0. The molecule has 0 amide bonds. The van der Waals surface area contributed by atoms with Crippen LogP contribution in [0.25, 0.3) is 155 Å². The Morgan fingerprint density at radius 1 is 0.162 bits per heavy atom. The Kier molecular flexibility index (Phi) is 7.88. The summed E-state index contributed by atoms with van der Waals surface area (Å²) in [5.74, 6) is 0. The molecule has 0 radical (unpaired) electrons. The molecule has 15 rings (SSSR count). The molecule has 0 saturated heterocycles. The maximum absolute atomic E-state index is 2.47. The number of fused-ring (bicyclic) bond motifs is 6. The standard InChI is InChI=1S/C68H40/c1-5-17-41(18-6-1)47-27-15-28-48(42-19-7-2-8-20-42)60(47)65-51-25-13-14-26-52(51)66(61-49(43-21-9-3-10-22-43)29-16-30-50(61)44-23-11-4-12-24-44)68-58-40-38-56-54-36-34-46-32-31-45-33-35-53(62(54)59(45)46)55-37-39-57(67(65)68)64(58)63(55)56/h1-40H. The zero-order valence-electron chi connectivity index (χ0n) is 37.1. The van der Waals surface area contributed by atoms with E-state index in [0.29, 0.717) is 0 Å². The number of hydrogen-bond acceptors (Lipinski definition) is 0. The van der Waals surface area contributed by atoms with Gasteiger partial charge in [0, 0.05) is 0 Å². The third-order valence-corrected chi connectivity index (χ3v) is 15.1. The van der Waals surface area contributed by atoms with E-state index >= 15 is 0 Å². The lowest BCUT2D eigenvalue weighted by Crippen LogP contribution is -1.99. The minimum absolute atomic E-state index is 1.20. The SMILES string of the molecule is C1=Cc2ccc3c4ccc5c6c(ccc(c7ccc1c2c73)c64)-c1c-5c(-c2c(-c3ccccc3)cccc2-c2ccccc2)c2ccccc2c1-c1c(-c2ccccc2)cccc1-c1ccccc1. The lowest BCUT2D eigenvalue weighted by molar-refractivity contribution is 1.56. The summed E-state index contributed by atoms with van der Waals surface area (Å²) in [6.45, 7) is 0. The molecular formula is C68H40. The summed E-state index contributed by atoms with van der Waals surface area (Å²) in [5.41, 5.74) is 22.5. The molecule has 312 valence electrons. The van der Waals surface area contributed by atoms with E-state index in [4.69, 9.17) is 0 Å². The molecule has 0 aliphatic heterocycles. The first-order valence-electron chi connectivity index (χ1n) is 23.8. The summed E-state index contributed by atoms with van der Waals surface area (Å²) in [7, 11) is 0. The van der Waals surface area contributed by atoms with E-state index in [0.717, 1.165) is 0 Å². The number of benzene rings is 13. The van der Waals surface area contributed by atoms with Gasteiger partial charge in [-0.15, -0.1) is 0 Å². The van der Waals surface area contributed by atoms with Gasteiger partial charge >= 0.3 is 0 Å². The zero-order chi connectivity index (χ0) is 44.5. The molecule has 0 fully saturated rings. The maximum Gasteiger partial charge on any atom is -0.000695 e. The van der Waals surface area contributed by atoms with Crippen molar-refractivity contribution in [1.29, 1.82) is 0 Å². The van der Waals surface area contributed by atoms with Crippen LogP contribution < -0.4 is 0 Å². The van der Waals surface area contributed by atoms with Gasteiger partial charge in [0.25, 0.3) is 0 Å². The molecule has 0 unspecified atom stereocenters. The van der Waals surface area contributed by atoms with Gasteiger partial charge in [0.1, 0.15) is 0 Å². The topological polar surface area (TPSA) is 0 Å². The summed E-state index contributed by atoms with van der Waals surface area (Å²) in [5, 5.41) is 13.2. The number of hydrogen-bond donors (Lipinski definition) is 0. The Bertz CT molecular complexity index is 3870. The van der Waals surface area contributed by atoms with E-state index in [2.05, 4.69) is 243 Å². The lowest BCUT2D eigenvalue weighted by atomic mass is 9.76. The largest absolute Gasteiger partial charge is 0.0622 e. The highest BCUT2D eigenvalue weighted by Gasteiger charge is 2.35. The fraction of sp³-hybridized carbons (Fsp3) is 0. The lowest BCUT2D eigenvalue weighted by Gasteiger charge is -2.26. The third-order valence-electron chi connectivity index (χ3n) is 15.1. The van der Waals surface area contributed by atoms with Crippen molar-refractivity contribution in [2.75, 3.05) is 0 Å². The molecule has 0 N–H and O–H groups in total. The first kappa shape index (κ1) is 37.4. The summed E-state index contributed by atoms with van der Waals surface area (Å²) in [4.78, 5) is 0. The molecular weight excluding hydrogens is 817 g/mol. The second kappa shape index (κ2) is 14.3. The summed E-state index contributed by atoms with van der Waals surface area (Å²) in [6.07, 6.45) is 4.56. The number of rotatable bonds is 6. The highest BCUT2D eigenvalue weighted by molar-refractivity contribution is 6.40. The van der Waals surface area contributed by atoms with Crippen molar-refractivity contribution in [3.8, 4) is 89.0 Å². The van der Waals surface area contributed by atoms with Crippen molar-refractivity contribution < 1.29 is 0 Å². The van der Waals surface area contributed by atoms with Gasteiger partial charge in [0.05, 0.1) is 0 Å². The van der Waals surface area contributed by atoms with Crippen molar-refractivity contribution in [2.45, 2.75) is 0 Å². The normalized spacial score (nSPS) is 12.4. The molecule has 2 aliphatic carbocycles. The molecule has 13 aromatic rings. The van der Waals surface area contributed by atoms with E-state index in [-0.39, 0.29) is 0 Å². The average molecular weight is 857 g/mol. The zero-order valence-corrected chi connectivity index (χ0v) is 37.1. The Hall–Kier alpha value is -8.84. The first-order chi connectivity index (χ1) is 33.8. The Morgan fingerprint density at radius 2 is 0.485 bits per heavy atom. The summed E-state index contributed by atoms with van der Waals surface area (Å²) >= 11 is 0. The van der Waals surface area contributed by atoms with Crippen LogP contribution in [0.15, 0.2) is 231 Å². The van der Waals surface area contributed by atoms with Crippen LogP contribution in [-0.4, -0.2) is 0 Å². The minimum atomic E-state index is 1.20. The molecule has 2 aliphatic rings. The first-order valence-corrected chi connectivity index (χ1v) is 23.8. The van der Waals surface area contributed by atoms with Crippen molar-refractivity contribution >= 4 is 66.0 Å². The summed E-state index contributed by atoms with van der Waals surface area (Å²) in [6, 6.07) is 86.4. The van der Waals surface area contributed by atoms with Gasteiger partial charge in [0.2, 0.25) is 0 Å². The van der Waals surface area contributed by atoms with Gasteiger partial charge in [-0.05, 0) is 154 Å². The van der Waals surface area contributed by atoms with Crippen molar-refractivity contribution in [1.82, 2.24) is 0 Å². The quantitative estimate of drug-likeness (QED) is 0.115. The molecule has 0 bridgehead atoms. The fourth-order valence-electron chi connectivity index (χ4n) is 12.4. The average Bonchev–Trinajstić information content (AvgIpc) is 4.00. The van der Waals surface area contributed by atoms with Crippen LogP contribution in [0, 0.1) is 0 Å². The molecule has 0 spiro atoms. The highest BCUT2D eigenvalue weighted by atomic mass is 14.4. The Balaban J connectivity index is 1.18. The van der Waals surface area contributed by atoms with E-state index in [1.54, 1.807) is 0 Å². The van der Waals surface area contributed by atoms with Crippen molar-refractivity contribution in [2.24, 2.45) is 0 Å². The second-order valence-electron chi connectivity index (χ2n) is 18.5. The molecule has 0 heterocycles. The van der Waals surface area contributed by atoms with Gasteiger partial charge in [-0.3, -0.25) is 0 Å². The van der Waals surface area contributed by atoms with E-state index in [1.165, 1.54) is 154 Å². The smallest absolute Gasteiger partial charge is 0.000695 e. The molecule has 0 atom stereocenters. The van der Waals surface area contributed by atoms with E-state index < -0.39 is 0 Å². The minimum Gasteiger partial charge on any atom is -0.0622 e. The third kappa shape index (κ3) is 5.15. The van der Waals surface area contributed by atoms with Crippen LogP contribution in [-0.2, 0) is 0 Å².